The number of rotatable bonds is 10. The Morgan fingerprint density at radius 2 is 1.88 bits per heavy atom. The lowest BCUT2D eigenvalue weighted by Crippen LogP contribution is -2.69. The molecule has 0 spiro atoms. The number of H-pyrrole nitrogens is 1. The van der Waals surface area contributed by atoms with E-state index in [0.717, 1.165) is 70.0 Å². The smallest absolute Gasteiger partial charge is 0.254 e. The number of methoxy groups -OCH3 is 1. The fourth-order valence-electron chi connectivity index (χ4n) is 11.3. The molecule has 2 bridgehead atoms. The molecule has 1 saturated carbocycles. The Morgan fingerprint density at radius 3 is 2.66 bits per heavy atom. The molecule has 65 heavy (non-hydrogen) atoms. The third-order valence-electron chi connectivity index (χ3n) is 14.6. The van der Waals surface area contributed by atoms with Crippen LogP contribution < -0.4 is 20.1 Å². The SMILES string of the molecule is CNCc1ccc2[nH]cc(C3C=Cc4c(OC)cc5c6c(c(C(=O)CN7Cc8c(CNC)cccc8C7=O)c(O)c5c4OC4OC(CO3)C(O)C(O)C4(O)CO)C3CCCC3CC6)c2c1. The molecule has 4 aromatic carbocycles. The van der Waals surface area contributed by atoms with Gasteiger partial charge in [0.15, 0.2) is 11.4 Å². The minimum Gasteiger partial charge on any atom is -0.506 e. The number of hydrogen-bond acceptors (Lipinski definition) is 13. The quantitative estimate of drug-likeness (QED) is 0.0910. The standard InChI is InChI=1S/C50H56N4O11/c1-51-18-25-10-14-36-32(16-25)34(20-53-36)38-15-13-31-39(62-3)17-33-29-12-11-26-6-4-8-28(26)41(29)43(37(56)22-54-21-35-27(19-52-2)7-5-9-30(35)48(54)60)45(58)42(33)46(31)65-49-50(61,24-55)47(59)44(57)40(64-49)23-63-38/h5,7,9-10,13-17,20,26,28,38,40,44,47,49,51-53,55,57-59,61H,4,6,8,11-12,18-19,21-24H2,1-3H3. The molecule has 1 saturated heterocycles. The summed E-state index contributed by atoms with van der Waals surface area (Å²) in [4.78, 5) is 33.9. The lowest BCUT2D eigenvalue weighted by molar-refractivity contribution is -0.329. The molecule has 8 N–H and O–H groups in total. The van der Waals surface area contributed by atoms with Crippen molar-refractivity contribution in [3.63, 3.8) is 0 Å². The third-order valence-corrected chi connectivity index (χ3v) is 14.6. The van der Waals surface area contributed by atoms with Crippen molar-refractivity contribution in [1.82, 2.24) is 20.5 Å². The van der Waals surface area contributed by atoms with E-state index in [9.17, 15) is 30.3 Å². The predicted octanol–water partition coefficient (Wildman–Crippen LogP) is 4.48. The van der Waals surface area contributed by atoms with E-state index in [0.29, 0.717) is 42.1 Å². The Kier molecular flexibility index (Phi) is 11.5. The van der Waals surface area contributed by atoms with E-state index >= 15 is 4.79 Å². The summed E-state index contributed by atoms with van der Waals surface area (Å²) in [6.45, 7) is -0.185. The van der Waals surface area contributed by atoms with E-state index in [2.05, 4.69) is 21.7 Å². The van der Waals surface area contributed by atoms with E-state index in [1.54, 1.807) is 18.2 Å². The maximum Gasteiger partial charge on any atom is 0.254 e. The van der Waals surface area contributed by atoms with Crippen molar-refractivity contribution in [3.8, 4) is 17.2 Å². The van der Waals surface area contributed by atoms with Gasteiger partial charge in [0.25, 0.3) is 5.91 Å². The highest BCUT2D eigenvalue weighted by Crippen LogP contribution is 2.55. The van der Waals surface area contributed by atoms with E-state index in [1.807, 2.05) is 50.6 Å². The average molecular weight is 889 g/mol. The Labute approximate surface area is 375 Å². The van der Waals surface area contributed by atoms with Crippen molar-refractivity contribution in [2.75, 3.05) is 41.0 Å². The molecule has 15 heteroatoms. The monoisotopic (exact) mass is 888 g/mol. The zero-order valence-corrected chi connectivity index (χ0v) is 36.7. The number of ketones is 1. The first kappa shape index (κ1) is 43.5. The summed E-state index contributed by atoms with van der Waals surface area (Å²) in [5.74, 6) is -0.452. The molecule has 1 aromatic heterocycles. The Hall–Kier alpha value is -5.36. The number of hydrogen-bond donors (Lipinski definition) is 8. The number of phenols is 1. The highest BCUT2D eigenvalue weighted by Gasteiger charge is 2.57. The van der Waals surface area contributed by atoms with E-state index < -0.39 is 48.7 Å². The summed E-state index contributed by atoms with van der Waals surface area (Å²) < 4.78 is 25.6. The maximum absolute atomic E-state index is 15.1. The van der Waals surface area contributed by atoms with Crippen LogP contribution in [0.5, 0.6) is 17.2 Å². The number of carbonyl (C=O) groups is 2. The molecule has 10 rings (SSSR count). The molecule has 1 amide bonds. The van der Waals surface area contributed by atoms with Crippen LogP contribution in [0.15, 0.2) is 54.7 Å². The van der Waals surface area contributed by atoms with E-state index in [-0.39, 0.29) is 59.5 Å². The zero-order valence-electron chi connectivity index (χ0n) is 36.7. The second kappa shape index (κ2) is 17.1. The number of nitrogens with zero attached hydrogens (tertiary/aromatic N) is 1. The first-order valence-electron chi connectivity index (χ1n) is 22.6. The first-order valence-corrected chi connectivity index (χ1v) is 22.6. The van der Waals surface area contributed by atoms with Gasteiger partial charge in [-0.1, -0.05) is 30.7 Å². The van der Waals surface area contributed by atoms with Crippen molar-refractivity contribution in [2.45, 2.75) is 94.0 Å². The molecule has 2 fully saturated rings. The normalized spacial score (nSPS) is 27.2. The Morgan fingerprint density at radius 1 is 1.05 bits per heavy atom. The van der Waals surface area contributed by atoms with Gasteiger partial charge in [-0.15, -0.1) is 0 Å². The second-order valence-electron chi connectivity index (χ2n) is 18.2. The van der Waals surface area contributed by atoms with Crippen molar-refractivity contribution in [1.29, 1.82) is 0 Å². The number of ether oxygens (including phenoxy) is 4. The van der Waals surface area contributed by atoms with Gasteiger partial charge in [-0.3, -0.25) is 9.59 Å². The van der Waals surface area contributed by atoms with Gasteiger partial charge in [-0.05, 0) is 115 Å². The average Bonchev–Trinajstić information content (AvgIpc) is 4.04. The zero-order chi connectivity index (χ0) is 45.3. The molecule has 15 nitrogen and oxygen atoms in total. The molecule has 342 valence electrons. The number of aromatic hydroxyl groups is 1. The van der Waals surface area contributed by atoms with Crippen LogP contribution >= 0.6 is 0 Å². The van der Waals surface area contributed by atoms with Crippen LogP contribution in [-0.2, 0) is 35.5 Å². The predicted molar refractivity (Wildman–Crippen MR) is 241 cm³/mol. The molecule has 5 aromatic rings. The number of aromatic nitrogens is 1. The van der Waals surface area contributed by atoms with Gasteiger partial charge >= 0.3 is 0 Å². The van der Waals surface area contributed by atoms with Crippen molar-refractivity contribution in [3.05, 3.63) is 105 Å². The number of aryl methyl sites for hydroxylation is 1. The fraction of sp³-hybridized carbons (Fsp3) is 0.440. The summed E-state index contributed by atoms with van der Waals surface area (Å²) in [7, 11) is 5.22. The van der Waals surface area contributed by atoms with Crippen LogP contribution in [0.25, 0.3) is 27.8 Å². The van der Waals surface area contributed by atoms with Crippen LogP contribution in [0.3, 0.4) is 0 Å². The number of fused-ring (bicyclic) bond motifs is 11. The second-order valence-corrected chi connectivity index (χ2v) is 18.2. The van der Waals surface area contributed by atoms with E-state index in [1.165, 1.54) is 12.0 Å². The van der Waals surface area contributed by atoms with Crippen LogP contribution in [-0.4, -0.2) is 118 Å². The van der Waals surface area contributed by atoms with Crippen molar-refractivity contribution < 1.29 is 54.1 Å². The highest BCUT2D eigenvalue weighted by atomic mass is 16.7. The number of aliphatic hydroxyl groups excluding tert-OH is 3. The summed E-state index contributed by atoms with van der Waals surface area (Å²) in [6.07, 6.45) is 2.09. The van der Waals surface area contributed by atoms with Gasteiger partial charge < -0.3 is 65.0 Å². The number of phenolic OH excluding ortho intramolecular Hbond substituents is 1. The summed E-state index contributed by atoms with van der Waals surface area (Å²) in [5, 5.41) is 66.4. The molecule has 2 aliphatic carbocycles. The molecule has 3 aliphatic heterocycles. The van der Waals surface area contributed by atoms with Crippen LogP contribution in [0.2, 0.25) is 0 Å². The molecular formula is C50H56N4O11. The number of carbonyl (C=O) groups excluding carboxylic acids is 2. The maximum atomic E-state index is 15.1. The third kappa shape index (κ3) is 7.11. The topological polar surface area (TPSA) is 215 Å². The molecule has 5 aliphatic rings. The van der Waals surface area contributed by atoms with Gasteiger partial charge in [-0.2, -0.15) is 0 Å². The minimum atomic E-state index is -2.56. The Bertz CT molecular complexity index is 2730. The number of amides is 1. The lowest BCUT2D eigenvalue weighted by atomic mass is 9.72. The number of nitrogens with one attached hydrogen (secondary N) is 3. The molecular weight excluding hydrogens is 833 g/mol. The van der Waals surface area contributed by atoms with Gasteiger partial charge in [0.1, 0.15) is 41.7 Å². The first-order chi connectivity index (χ1) is 31.5. The van der Waals surface area contributed by atoms with Crippen LogP contribution in [0.4, 0.5) is 0 Å². The van der Waals surface area contributed by atoms with Crippen molar-refractivity contribution in [2.24, 2.45) is 5.92 Å². The number of aromatic amines is 1. The molecule has 8 atom stereocenters. The fourth-order valence-corrected chi connectivity index (χ4v) is 11.3. The Balaban J connectivity index is 1.18. The molecule has 0 radical (unpaired) electrons. The number of Topliss-reactive ketones (excluding diaryl/α,β-unsaturated/α-hetero) is 1. The number of aliphatic hydroxyl groups is 4. The number of benzene rings is 4. The van der Waals surface area contributed by atoms with E-state index in [4.69, 9.17) is 18.9 Å². The molecule has 8 unspecified atom stereocenters. The largest absolute Gasteiger partial charge is 0.506 e. The minimum absolute atomic E-state index is 0.00740. The highest BCUT2D eigenvalue weighted by molar-refractivity contribution is 6.13. The summed E-state index contributed by atoms with van der Waals surface area (Å²) in [6, 6.07) is 13.5. The summed E-state index contributed by atoms with van der Waals surface area (Å²) in [5.41, 5.74) is 4.52. The van der Waals surface area contributed by atoms with Crippen LogP contribution in [0, 0.1) is 5.92 Å². The molecule has 4 heterocycles. The van der Waals surface area contributed by atoms with Gasteiger partial charge in [0.05, 0.1) is 43.4 Å². The van der Waals surface area contributed by atoms with Gasteiger partial charge in [-0.25, -0.2) is 0 Å². The van der Waals surface area contributed by atoms with Gasteiger partial charge in [0, 0.05) is 47.9 Å². The summed E-state index contributed by atoms with van der Waals surface area (Å²) >= 11 is 0. The van der Waals surface area contributed by atoms with Crippen molar-refractivity contribution >= 4 is 39.4 Å². The van der Waals surface area contributed by atoms with Gasteiger partial charge in [0.2, 0.25) is 6.29 Å². The van der Waals surface area contributed by atoms with Crippen LogP contribution in [0.1, 0.15) is 97.4 Å². The lowest BCUT2D eigenvalue weighted by Gasteiger charge is -2.47.